The van der Waals surface area contributed by atoms with Gasteiger partial charge in [-0.2, -0.15) is 0 Å². The smallest absolute Gasteiger partial charge is 0.340 e. The number of carbonyl (C=O) groups excluding carboxylic acids is 3. The summed E-state index contributed by atoms with van der Waals surface area (Å²) in [6.07, 6.45) is 3.09. The van der Waals surface area contributed by atoms with Crippen LogP contribution in [0.15, 0.2) is 59.3 Å². The Kier molecular flexibility index (Phi) is 7.69. The van der Waals surface area contributed by atoms with E-state index in [1.165, 1.54) is 38.7 Å². The summed E-state index contributed by atoms with van der Waals surface area (Å²) in [7, 11) is 2.85. The molecule has 2 amide bonds. The third-order valence-electron chi connectivity index (χ3n) is 5.67. The molecule has 1 aliphatic rings. The molecule has 1 N–H and O–H groups in total. The molecule has 11 heteroatoms. The lowest BCUT2D eigenvalue weighted by Gasteiger charge is -2.35. The Morgan fingerprint density at radius 1 is 1.00 bits per heavy atom. The minimum atomic E-state index is -0.800. The van der Waals surface area contributed by atoms with Gasteiger partial charge in [0.1, 0.15) is 5.82 Å². The monoisotopic (exact) mass is 494 g/mol. The normalized spacial score (nSPS) is 13.2. The average molecular weight is 495 g/mol. The number of esters is 1. The maximum atomic E-state index is 12.9. The molecule has 3 aromatic rings. The van der Waals surface area contributed by atoms with Crippen LogP contribution in [-0.2, 0) is 9.53 Å². The van der Waals surface area contributed by atoms with Gasteiger partial charge in [-0.1, -0.05) is 6.07 Å². The van der Waals surface area contributed by atoms with Gasteiger partial charge in [0, 0.05) is 44.5 Å². The van der Waals surface area contributed by atoms with Crippen molar-refractivity contribution in [3.63, 3.8) is 0 Å². The quantitative estimate of drug-likeness (QED) is 0.470. The van der Waals surface area contributed by atoms with E-state index >= 15 is 0 Å². The molecule has 36 heavy (non-hydrogen) atoms. The van der Waals surface area contributed by atoms with Crippen LogP contribution in [-0.4, -0.2) is 74.7 Å². The summed E-state index contributed by atoms with van der Waals surface area (Å²) in [5.41, 5.74) is 0.121. The number of aromatic nitrogens is 1. The van der Waals surface area contributed by atoms with Gasteiger partial charge in [-0.15, -0.1) is 0 Å². The van der Waals surface area contributed by atoms with Gasteiger partial charge in [-0.25, -0.2) is 9.78 Å². The van der Waals surface area contributed by atoms with E-state index < -0.39 is 18.5 Å². The summed E-state index contributed by atoms with van der Waals surface area (Å²) < 4.78 is 21.0. The van der Waals surface area contributed by atoms with Gasteiger partial charge in [0.05, 0.1) is 31.7 Å². The van der Waals surface area contributed by atoms with Crippen LogP contribution in [0.5, 0.6) is 11.5 Å². The van der Waals surface area contributed by atoms with Crippen LogP contribution in [0.4, 0.5) is 11.5 Å². The third-order valence-corrected chi connectivity index (χ3v) is 5.67. The first-order valence-electron chi connectivity index (χ1n) is 11.2. The molecule has 0 bridgehead atoms. The molecular formula is C25H26N4O7. The van der Waals surface area contributed by atoms with Crippen molar-refractivity contribution in [1.29, 1.82) is 0 Å². The molecule has 0 unspecified atom stereocenters. The lowest BCUT2D eigenvalue weighted by molar-refractivity contribution is -0.134. The van der Waals surface area contributed by atoms with Gasteiger partial charge in [-0.05, 0) is 24.3 Å². The van der Waals surface area contributed by atoms with Crippen LogP contribution < -0.4 is 19.7 Å². The number of ether oxygens (including phenoxy) is 3. The molecule has 188 valence electrons. The topological polar surface area (TPSA) is 123 Å². The van der Waals surface area contributed by atoms with E-state index in [-0.39, 0.29) is 28.7 Å². The Morgan fingerprint density at radius 3 is 2.39 bits per heavy atom. The fraction of sp³-hybridized carbons (Fsp3) is 0.280. The van der Waals surface area contributed by atoms with Crippen LogP contribution in [0.25, 0.3) is 0 Å². The van der Waals surface area contributed by atoms with E-state index in [0.717, 1.165) is 5.82 Å². The lowest BCUT2D eigenvalue weighted by Crippen LogP contribution is -2.50. The number of furan rings is 1. The van der Waals surface area contributed by atoms with Crippen molar-refractivity contribution in [3.05, 3.63) is 66.2 Å². The molecule has 11 nitrogen and oxygen atoms in total. The van der Waals surface area contributed by atoms with Crippen molar-refractivity contribution in [2.24, 2.45) is 0 Å². The Balaban J connectivity index is 1.41. The number of anilines is 2. The summed E-state index contributed by atoms with van der Waals surface area (Å²) in [6, 6.07) is 11.6. The van der Waals surface area contributed by atoms with E-state index in [9.17, 15) is 14.4 Å². The Bertz CT molecular complexity index is 1210. The maximum Gasteiger partial charge on any atom is 0.340 e. The van der Waals surface area contributed by atoms with E-state index in [2.05, 4.69) is 15.2 Å². The molecule has 0 radical (unpaired) electrons. The highest BCUT2D eigenvalue weighted by atomic mass is 16.5. The molecular weight excluding hydrogens is 468 g/mol. The first kappa shape index (κ1) is 24.6. The number of pyridine rings is 1. The second-order valence-corrected chi connectivity index (χ2v) is 7.82. The van der Waals surface area contributed by atoms with Crippen molar-refractivity contribution in [2.45, 2.75) is 0 Å². The van der Waals surface area contributed by atoms with Crippen molar-refractivity contribution in [1.82, 2.24) is 9.88 Å². The van der Waals surface area contributed by atoms with E-state index in [1.807, 2.05) is 18.2 Å². The Hall–Kier alpha value is -4.54. The van der Waals surface area contributed by atoms with Crippen molar-refractivity contribution in [2.75, 3.05) is 57.2 Å². The number of piperazine rings is 1. The highest BCUT2D eigenvalue weighted by Gasteiger charge is 2.25. The van der Waals surface area contributed by atoms with Gasteiger partial charge in [0.2, 0.25) is 0 Å². The van der Waals surface area contributed by atoms with Crippen LogP contribution in [0.2, 0.25) is 0 Å². The van der Waals surface area contributed by atoms with Crippen molar-refractivity contribution in [3.8, 4) is 11.5 Å². The van der Waals surface area contributed by atoms with E-state index in [4.69, 9.17) is 18.6 Å². The molecule has 1 aliphatic heterocycles. The van der Waals surface area contributed by atoms with Crippen LogP contribution in [0, 0.1) is 0 Å². The summed E-state index contributed by atoms with van der Waals surface area (Å²) >= 11 is 0. The van der Waals surface area contributed by atoms with Gasteiger partial charge in [0.15, 0.2) is 23.9 Å². The molecule has 1 saturated heterocycles. The van der Waals surface area contributed by atoms with Gasteiger partial charge < -0.3 is 33.7 Å². The molecule has 1 fully saturated rings. The minimum Gasteiger partial charge on any atom is -0.493 e. The number of rotatable bonds is 8. The molecule has 3 heterocycles. The van der Waals surface area contributed by atoms with Gasteiger partial charge in [0.25, 0.3) is 11.8 Å². The van der Waals surface area contributed by atoms with Crippen LogP contribution in [0.1, 0.15) is 20.9 Å². The number of nitrogens with zero attached hydrogens (tertiary/aromatic N) is 3. The summed E-state index contributed by atoms with van der Waals surface area (Å²) in [5.74, 6) is -0.208. The number of nitrogens with one attached hydrogen (secondary N) is 1. The summed E-state index contributed by atoms with van der Waals surface area (Å²) in [6.45, 7) is 1.76. The second kappa shape index (κ2) is 11.3. The fourth-order valence-corrected chi connectivity index (χ4v) is 3.77. The van der Waals surface area contributed by atoms with Crippen LogP contribution >= 0.6 is 0 Å². The number of amides is 2. The predicted molar refractivity (Wildman–Crippen MR) is 130 cm³/mol. The van der Waals surface area contributed by atoms with Crippen molar-refractivity contribution >= 4 is 29.3 Å². The zero-order chi connectivity index (χ0) is 25.5. The first-order valence-corrected chi connectivity index (χ1v) is 11.2. The standard InChI is InChI=1S/C25H26N4O7/c1-33-20-14-17(18(15-21(20)34-2)27-24(31)19-6-5-13-35-19)25(32)36-16-23(30)29-11-9-28(10-12-29)22-7-3-4-8-26-22/h3-8,13-15H,9-12,16H2,1-2H3,(H,27,31). The highest BCUT2D eigenvalue weighted by Crippen LogP contribution is 2.34. The average Bonchev–Trinajstić information content (AvgIpc) is 3.47. The SMILES string of the molecule is COc1cc(NC(=O)c2ccco2)c(C(=O)OCC(=O)N2CCN(c3ccccn3)CC2)cc1OC. The van der Waals surface area contributed by atoms with E-state index in [0.29, 0.717) is 31.9 Å². The largest absolute Gasteiger partial charge is 0.493 e. The number of methoxy groups -OCH3 is 2. The number of benzene rings is 1. The van der Waals surface area contributed by atoms with Crippen molar-refractivity contribution < 1.29 is 33.0 Å². The number of hydrogen-bond acceptors (Lipinski definition) is 9. The van der Waals surface area contributed by atoms with Gasteiger partial charge >= 0.3 is 5.97 Å². The summed E-state index contributed by atoms with van der Waals surface area (Å²) in [4.78, 5) is 46.2. The van der Waals surface area contributed by atoms with Gasteiger partial charge in [-0.3, -0.25) is 9.59 Å². The second-order valence-electron chi connectivity index (χ2n) is 7.82. The zero-order valence-corrected chi connectivity index (χ0v) is 19.9. The Morgan fingerprint density at radius 2 is 1.75 bits per heavy atom. The molecule has 0 saturated carbocycles. The third kappa shape index (κ3) is 5.57. The molecule has 2 aromatic heterocycles. The number of carbonyl (C=O) groups is 3. The Labute approximate surface area is 207 Å². The molecule has 0 spiro atoms. The van der Waals surface area contributed by atoms with Crippen LogP contribution in [0.3, 0.4) is 0 Å². The lowest BCUT2D eigenvalue weighted by atomic mass is 10.1. The molecule has 0 atom stereocenters. The predicted octanol–water partition coefficient (Wildman–Crippen LogP) is 2.45. The highest BCUT2D eigenvalue weighted by molar-refractivity contribution is 6.07. The molecule has 0 aliphatic carbocycles. The number of hydrogen-bond donors (Lipinski definition) is 1. The zero-order valence-electron chi connectivity index (χ0n) is 19.9. The minimum absolute atomic E-state index is 0.000303. The maximum absolute atomic E-state index is 12.9. The first-order chi connectivity index (χ1) is 17.5. The summed E-state index contributed by atoms with van der Waals surface area (Å²) in [5, 5.41) is 2.62. The molecule has 1 aromatic carbocycles. The van der Waals surface area contributed by atoms with E-state index in [1.54, 1.807) is 17.2 Å². The fourth-order valence-electron chi connectivity index (χ4n) is 3.77. The molecule has 4 rings (SSSR count).